The standard InChI is InChI=1S/C15H20N6O/c1-12(21-10-4-8-18-21)14(22)19-13-5-2-9-20(11-13)15-16-6-3-7-17-15/h3-4,6-8,10,12-13H,2,5,9,11H2,1H3,(H,19,22)/t12-,13+/m0/s1. The molecular formula is C15H20N6O. The van der Waals surface area contributed by atoms with Crippen molar-refractivity contribution in [2.75, 3.05) is 18.0 Å². The minimum Gasteiger partial charge on any atom is -0.350 e. The first-order valence-electron chi connectivity index (χ1n) is 7.55. The summed E-state index contributed by atoms with van der Waals surface area (Å²) in [6.45, 7) is 3.51. The molecule has 0 aromatic carbocycles. The number of rotatable bonds is 4. The second-order valence-corrected chi connectivity index (χ2v) is 5.50. The lowest BCUT2D eigenvalue weighted by molar-refractivity contribution is -0.124. The highest BCUT2D eigenvalue weighted by Crippen LogP contribution is 2.16. The molecule has 1 saturated heterocycles. The average Bonchev–Trinajstić information content (AvgIpc) is 3.09. The van der Waals surface area contributed by atoms with Gasteiger partial charge in [0, 0.05) is 43.9 Å². The third-order valence-electron chi connectivity index (χ3n) is 3.90. The van der Waals surface area contributed by atoms with Crippen LogP contribution in [0.5, 0.6) is 0 Å². The number of anilines is 1. The Morgan fingerprint density at radius 3 is 2.86 bits per heavy atom. The van der Waals surface area contributed by atoms with Crippen molar-refractivity contribution in [2.45, 2.75) is 31.8 Å². The number of nitrogens with zero attached hydrogens (tertiary/aromatic N) is 5. The van der Waals surface area contributed by atoms with Crippen LogP contribution < -0.4 is 10.2 Å². The molecule has 1 aliphatic heterocycles. The molecule has 3 rings (SSSR count). The molecule has 2 aromatic rings. The first-order valence-corrected chi connectivity index (χ1v) is 7.55. The Bertz CT molecular complexity index is 600. The van der Waals surface area contributed by atoms with Gasteiger partial charge < -0.3 is 10.2 Å². The van der Waals surface area contributed by atoms with Gasteiger partial charge in [-0.3, -0.25) is 9.48 Å². The van der Waals surface area contributed by atoms with Crippen LogP contribution in [0.2, 0.25) is 0 Å². The fraction of sp³-hybridized carbons (Fsp3) is 0.467. The quantitative estimate of drug-likeness (QED) is 0.912. The first-order chi connectivity index (χ1) is 10.7. The Hall–Kier alpha value is -2.44. The van der Waals surface area contributed by atoms with E-state index >= 15 is 0 Å². The predicted octanol–water partition coefficient (Wildman–Crippen LogP) is 1.02. The second kappa shape index (κ2) is 6.55. The van der Waals surface area contributed by atoms with Gasteiger partial charge in [-0.25, -0.2) is 9.97 Å². The van der Waals surface area contributed by atoms with E-state index < -0.39 is 0 Å². The number of hydrogen-bond donors (Lipinski definition) is 1. The molecule has 7 heteroatoms. The molecule has 0 radical (unpaired) electrons. The highest BCUT2D eigenvalue weighted by atomic mass is 16.2. The molecule has 3 heterocycles. The maximum Gasteiger partial charge on any atom is 0.244 e. The Balaban J connectivity index is 1.59. The molecule has 1 aliphatic rings. The van der Waals surface area contributed by atoms with E-state index in [1.54, 1.807) is 35.5 Å². The average molecular weight is 300 g/mol. The van der Waals surface area contributed by atoms with Crippen LogP contribution in [-0.4, -0.2) is 44.8 Å². The lowest BCUT2D eigenvalue weighted by atomic mass is 10.1. The van der Waals surface area contributed by atoms with Gasteiger partial charge in [0.25, 0.3) is 0 Å². The minimum absolute atomic E-state index is 0.00969. The molecule has 0 bridgehead atoms. The van der Waals surface area contributed by atoms with Crippen molar-refractivity contribution in [1.29, 1.82) is 0 Å². The zero-order valence-corrected chi connectivity index (χ0v) is 12.6. The predicted molar refractivity (Wildman–Crippen MR) is 82.3 cm³/mol. The molecule has 0 aliphatic carbocycles. The van der Waals surface area contributed by atoms with Crippen LogP contribution in [0.1, 0.15) is 25.8 Å². The third-order valence-corrected chi connectivity index (χ3v) is 3.90. The van der Waals surface area contributed by atoms with Crippen molar-refractivity contribution in [2.24, 2.45) is 0 Å². The van der Waals surface area contributed by atoms with Gasteiger partial charge in [-0.15, -0.1) is 0 Å². The molecule has 1 N–H and O–H groups in total. The van der Waals surface area contributed by atoms with E-state index in [1.807, 2.05) is 13.0 Å². The maximum atomic E-state index is 12.3. The smallest absolute Gasteiger partial charge is 0.244 e. The fourth-order valence-electron chi connectivity index (χ4n) is 2.68. The number of piperidine rings is 1. The van der Waals surface area contributed by atoms with Gasteiger partial charge in [0.05, 0.1) is 0 Å². The van der Waals surface area contributed by atoms with Crippen molar-refractivity contribution in [3.05, 3.63) is 36.9 Å². The molecule has 1 fully saturated rings. The number of amides is 1. The Kier molecular flexibility index (Phi) is 4.32. The molecule has 2 aromatic heterocycles. The lowest BCUT2D eigenvalue weighted by Gasteiger charge is -2.33. The van der Waals surface area contributed by atoms with E-state index in [4.69, 9.17) is 0 Å². The van der Waals surface area contributed by atoms with E-state index in [-0.39, 0.29) is 18.0 Å². The summed E-state index contributed by atoms with van der Waals surface area (Å²) in [6, 6.07) is 3.43. The van der Waals surface area contributed by atoms with Gasteiger partial charge in [-0.05, 0) is 31.9 Å². The molecule has 22 heavy (non-hydrogen) atoms. The van der Waals surface area contributed by atoms with Crippen molar-refractivity contribution in [3.63, 3.8) is 0 Å². The summed E-state index contributed by atoms with van der Waals surface area (Å²) >= 11 is 0. The normalized spacial score (nSPS) is 19.7. The summed E-state index contributed by atoms with van der Waals surface area (Å²) in [6.07, 6.45) is 8.95. The van der Waals surface area contributed by atoms with E-state index in [9.17, 15) is 4.79 Å². The lowest BCUT2D eigenvalue weighted by Crippen LogP contribution is -2.49. The fourth-order valence-corrected chi connectivity index (χ4v) is 2.68. The maximum absolute atomic E-state index is 12.3. The van der Waals surface area contributed by atoms with Crippen LogP contribution in [0.25, 0.3) is 0 Å². The van der Waals surface area contributed by atoms with E-state index in [0.717, 1.165) is 31.9 Å². The second-order valence-electron chi connectivity index (χ2n) is 5.50. The molecule has 0 unspecified atom stereocenters. The topological polar surface area (TPSA) is 75.9 Å². The number of carbonyl (C=O) groups is 1. The highest BCUT2D eigenvalue weighted by molar-refractivity contribution is 5.80. The summed E-state index contributed by atoms with van der Waals surface area (Å²) in [5.41, 5.74) is 0. The third kappa shape index (κ3) is 3.24. The minimum atomic E-state index is -0.307. The van der Waals surface area contributed by atoms with Gasteiger partial charge in [0.2, 0.25) is 11.9 Å². The Morgan fingerprint density at radius 2 is 2.14 bits per heavy atom. The van der Waals surface area contributed by atoms with Gasteiger partial charge in [0.15, 0.2) is 0 Å². The molecule has 116 valence electrons. The van der Waals surface area contributed by atoms with Crippen molar-refractivity contribution in [1.82, 2.24) is 25.1 Å². The van der Waals surface area contributed by atoms with Gasteiger partial charge in [0.1, 0.15) is 6.04 Å². The molecule has 0 saturated carbocycles. The zero-order chi connectivity index (χ0) is 15.4. The van der Waals surface area contributed by atoms with E-state index in [1.165, 1.54) is 0 Å². The zero-order valence-electron chi connectivity index (χ0n) is 12.6. The highest BCUT2D eigenvalue weighted by Gasteiger charge is 2.25. The Labute approximate surface area is 129 Å². The van der Waals surface area contributed by atoms with Gasteiger partial charge in [-0.2, -0.15) is 5.10 Å². The Morgan fingerprint density at radius 1 is 1.32 bits per heavy atom. The van der Waals surface area contributed by atoms with Crippen molar-refractivity contribution in [3.8, 4) is 0 Å². The number of carbonyl (C=O) groups excluding carboxylic acids is 1. The van der Waals surface area contributed by atoms with Crippen molar-refractivity contribution < 1.29 is 4.79 Å². The van der Waals surface area contributed by atoms with Crippen LogP contribution in [0, 0.1) is 0 Å². The molecular weight excluding hydrogens is 280 g/mol. The van der Waals surface area contributed by atoms with Crippen molar-refractivity contribution >= 4 is 11.9 Å². The van der Waals surface area contributed by atoms with Gasteiger partial charge in [-0.1, -0.05) is 0 Å². The van der Waals surface area contributed by atoms with Crippen LogP contribution in [0.4, 0.5) is 5.95 Å². The largest absolute Gasteiger partial charge is 0.350 e. The molecule has 2 atom stereocenters. The van der Waals surface area contributed by atoms with Crippen LogP contribution in [0.3, 0.4) is 0 Å². The number of hydrogen-bond acceptors (Lipinski definition) is 5. The SMILES string of the molecule is C[C@@H](C(=O)N[C@@H]1CCCN(c2ncccn2)C1)n1cccn1. The van der Waals surface area contributed by atoms with E-state index in [2.05, 4.69) is 25.3 Å². The molecule has 7 nitrogen and oxygen atoms in total. The van der Waals surface area contributed by atoms with E-state index in [0.29, 0.717) is 0 Å². The van der Waals surface area contributed by atoms with Crippen LogP contribution in [0.15, 0.2) is 36.9 Å². The summed E-state index contributed by atoms with van der Waals surface area (Å²) in [5.74, 6) is 0.714. The molecule has 0 spiro atoms. The first kappa shape index (κ1) is 14.5. The summed E-state index contributed by atoms with van der Waals surface area (Å²) in [4.78, 5) is 23.0. The van der Waals surface area contributed by atoms with Crippen LogP contribution >= 0.6 is 0 Å². The van der Waals surface area contributed by atoms with Gasteiger partial charge >= 0.3 is 0 Å². The number of nitrogens with one attached hydrogen (secondary N) is 1. The number of aromatic nitrogens is 4. The molecule has 1 amide bonds. The van der Waals surface area contributed by atoms with Crippen LogP contribution in [-0.2, 0) is 4.79 Å². The summed E-state index contributed by atoms with van der Waals surface area (Å²) in [7, 11) is 0. The summed E-state index contributed by atoms with van der Waals surface area (Å²) in [5, 5.41) is 7.23. The monoisotopic (exact) mass is 300 g/mol. The summed E-state index contributed by atoms with van der Waals surface area (Å²) < 4.78 is 1.66.